The standard InChI is InChI=1S/C10H15N5O3S/c1-2-15-5-9(3-8(15)6-16)19(17,18)13-4-10-11-7-12-14-10/h3,5,7,13,16H,2,4,6H2,1H3,(H,11,12,14). The molecule has 0 saturated heterocycles. The van der Waals surface area contributed by atoms with Crippen molar-refractivity contribution in [1.29, 1.82) is 0 Å². The lowest BCUT2D eigenvalue weighted by molar-refractivity contribution is 0.271. The van der Waals surface area contributed by atoms with E-state index in [1.54, 1.807) is 4.57 Å². The molecule has 0 bridgehead atoms. The largest absolute Gasteiger partial charge is 0.390 e. The molecular weight excluding hydrogens is 270 g/mol. The quantitative estimate of drug-likeness (QED) is 0.668. The molecule has 9 heteroatoms. The van der Waals surface area contributed by atoms with Gasteiger partial charge in [-0.05, 0) is 13.0 Å². The fourth-order valence-corrected chi connectivity index (χ4v) is 2.71. The number of aryl methyl sites for hydroxylation is 1. The number of aromatic nitrogens is 4. The van der Waals surface area contributed by atoms with Crippen LogP contribution in [-0.2, 0) is 29.7 Å². The summed E-state index contributed by atoms with van der Waals surface area (Å²) in [6.07, 6.45) is 2.80. The van der Waals surface area contributed by atoms with E-state index < -0.39 is 10.0 Å². The zero-order valence-electron chi connectivity index (χ0n) is 10.4. The van der Waals surface area contributed by atoms with Gasteiger partial charge in [-0.25, -0.2) is 18.1 Å². The molecule has 0 aliphatic carbocycles. The highest BCUT2D eigenvalue weighted by Crippen LogP contribution is 2.14. The van der Waals surface area contributed by atoms with Gasteiger partial charge in [-0.2, -0.15) is 5.10 Å². The van der Waals surface area contributed by atoms with Gasteiger partial charge in [-0.3, -0.25) is 5.10 Å². The predicted molar refractivity (Wildman–Crippen MR) is 66.4 cm³/mol. The van der Waals surface area contributed by atoms with Gasteiger partial charge in [0.1, 0.15) is 12.2 Å². The normalized spacial score (nSPS) is 11.9. The van der Waals surface area contributed by atoms with Gasteiger partial charge in [-0.15, -0.1) is 0 Å². The Morgan fingerprint density at radius 3 is 2.84 bits per heavy atom. The summed E-state index contributed by atoms with van der Waals surface area (Å²) in [5.74, 6) is 0.431. The van der Waals surface area contributed by atoms with E-state index in [1.165, 1.54) is 18.6 Å². The molecule has 2 aromatic heterocycles. The van der Waals surface area contributed by atoms with Crippen molar-refractivity contribution >= 4 is 10.0 Å². The molecule has 8 nitrogen and oxygen atoms in total. The van der Waals surface area contributed by atoms with Crippen molar-refractivity contribution < 1.29 is 13.5 Å². The molecule has 2 rings (SSSR count). The Morgan fingerprint density at radius 1 is 1.53 bits per heavy atom. The molecule has 0 aliphatic heterocycles. The van der Waals surface area contributed by atoms with Crippen LogP contribution in [0.2, 0.25) is 0 Å². The average molecular weight is 285 g/mol. The van der Waals surface area contributed by atoms with Gasteiger partial charge in [0.05, 0.1) is 18.0 Å². The number of rotatable bonds is 6. The number of nitrogens with zero attached hydrogens (tertiary/aromatic N) is 3. The van der Waals surface area contributed by atoms with E-state index in [4.69, 9.17) is 5.11 Å². The lowest BCUT2D eigenvalue weighted by atomic mass is 10.4. The molecule has 0 spiro atoms. The number of aromatic amines is 1. The van der Waals surface area contributed by atoms with Gasteiger partial charge in [0.2, 0.25) is 10.0 Å². The van der Waals surface area contributed by atoms with Crippen LogP contribution in [0, 0.1) is 0 Å². The van der Waals surface area contributed by atoms with Crippen LogP contribution in [0.4, 0.5) is 0 Å². The molecule has 3 N–H and O–H groups in total. The first-order valence-electron chi connectivity index (χ1n) is 5.70. The lowest BCUT2D eigenvalue weighted by Gasteiger charge is -2.02. The summed E-state index contributed by atoms with van der Waals surface area (Å²) in [6.45, 7) is 2.30. The van der Waals surface area contributed by atoms with E-state index in [9.17, 15) is 8.42 Å². The number of H-pyrrole nitrogens is 1. The maximum Gasteiger partial charge on any atom is 0.242 e. The molecule has 0 radical (unpaired) electrons. The third kappa shape index (κ3) is 3.00. The molecule has 0 atom stereocenters. The van der Waals surface area contributed by atoms with Crippen LogP contribution in [-0.4, -0.2) is 33.3 Å². The third-order valence-corrected chi connectivity index (χ3v) is 4.04. The van der Waals surface area contributed by atoms with Crippen LogP contribution in [0.25, 0.3) is 0 Å². The highest BCUT2D eigenvalue weighted by Gasteiger charge is 2.18. The van der Waals surface area contributed by atoms with Crippen molar-refractivity contribution in [2.75, 3.05) is 0 Å². The zero-order chi connectivity index (χ0) is 13.9. The second kappa shape index (κ2) is 5.51. The summed E-state index contributed by atoms with van der Waals surface area (Å²) < 4.78 is 28.2. The van der Waals surface area contributed by atoms with Crippen LogP contribution in [0.5, 0.6) is 0 Å². The molecule has 2 heterocycles. The second-order valence-corrected chi connectivity index (χ2v) is 5.63. The molecule has 0 fully saturated rings. The summed E-state index contributed by atoms with van der Waals surface area (Å²) in [5, 5.41) is 15.3. The molecule has 104 valence electrons. The van der Waals surface area contributed by atoms with Crippen LogP contribution in [0.15, 0.2) is 23.5 Å². The molecule has 19 heavy (non-hydrogen) atoms. The van der Waals surface area contributed by atoms with Gasteiger partial charge in [0.15, 0.2) is 0 Å². The fraction of sp³-hybridized carbons (Fsp3) is 0.400. The Labute approximate surface area is 110 Å². The Hall–Kier alpha value is -1.71. The summed E-state index contributed by atoms with van der Waals surface area (Å²) >= 11 is 0. The maximum atomic E-state index is 12.1. The van der Waals surface area contributed by atoms with Crippen molar-refractivity contribution in [3.8, 4) is 0 Å². The summed E-state index contributed by atoms with van der Waals surface area (Å²) in [7, 11) is -3.63. The van der Waals surface area contributed by atoms with Crippen LogP contribution < -0.4 is 4.72 Å². The van der Waals surface area contributed by atoms with Gasteiger partial charge in [-0.1, -0.05) is 0 Å². The SMILES string of the molecule is CCn1cc(S(=O)(=O)NCc2ncn[nH]2)cc1CO. The smallest absolute Gasteiger partial charge is 0.242 e. The Kier molecular flexibility index (Phi) is 3.98. The molecule has 2 aromatic rings. The number of sulfonamides is 1. The van der Waals surface area contributed by atoms with Crippen molar-refractivity contribution in [2.24, 2.45) is 0 Å². The third-order valence-electron chi connectivity index (χ3n) is 2.67. The summed E-state index contributed by atoms with van der Waals surface area (Å²) in [5.41, 5.74) is 0.558. The highest BCUT2D eigenvalue weighted by molar-refractivity contribution is 7.89. The maximum absolute atomic E-state index is 12.1. The molecule has 0 aliphatic rings. The van der Waals surface area contributed by atoms with E-state index in [-0.39, 0.29) is 18.0 Å². The fourth-order valence-electron chi connectivity index (χ4n) is 1.66. The summed E-state index contributed by atoms with van der Waals surface area (Å²) in [4.78, 5) is 3.95. The minimum atomic E-state index is -3.63. The van der Waals surface area contributed by atoms with Gasteiger partial charge < -0.3 is 9.67 Å². The number of hydrogen-bond donors (Lipinski definition) is 3. The average Bonchev–Trinajstić information content (AvgIpc) is 3.05. The van der Waals surface area contributed by atoms with Gasteiger partial charge in [0, 0.05) is 18.4 Å². The first-order valence-corrected chi connectivity index (χ1v) is 7.19. The number of nitrogens with one attached hydrogen (secondary N) is 2. The Bertz CT molecular complexity index is 611. The van der Waals surface area contributed by atoms with E-state index in [1.807, 2.05) is 6.92 Å². The van der Waals surface area contributed by atoms with E-state index in [0.29, 0.717) is 18.1 Å². The predicted octanol–water partition coefficient (Wildman–Crippen LogP) is -0.403. The zero-order valence-corrected chi connectivity index (χ0v) is 11.2. The Balaban J connectivity index is 2.17. The lowest BCUT2D eigenvalue weighted by Crippen LogP contribution is -2.23. The van der Waals surface area contributed by atoms with Crippen molar-refractivity contribution in [1.82, 2.24) is 24.5 Å². The topological polar surface area (TPSA) is 113 Å². The Morgan fingerprint density at radius 2 is 2.32 bits per heavy atom. The van der Waals surface area contributed by atoms with E-state index >= 15 is 0 Å². The second-order valence-electron chi connectivity index (χ2n) is 3.87. The molecule has 0 unspecified atom stereocenters. The monoisotopic (exact) mass is 285 g/mol. The van der Waals surface area contributed by atoms with Crippen molar-refractivity contribution in [3.63, 3.8) is 0 Å². The van der Waals surface area contributed by atoms with Crippen LogP contribution in [0.3, 0.4) is 0 Å². The molecule has 0 amide bonds. The highest BCUT2D eigenvalue weighted by atomic mass is 32.2. The van der Waals surface area contributed by atoms with Crippen LogP contribution in [0.1, 0.15) is 18.4 Å². The first kappa shape index (κ1) is 13.7. The van der Waals surface area contributed by atoms with E-state index in [0.717, 1.165) is 0 Å². The van der Waals surface area contributed by atoms with Crippen molar-refractivity contribution in [3.05, 3.63) is 30.1 Å². The van der Waals surface area contributed by atoms with Gasteiger partial charge >= 0.3 is 0 Å². The number of hydrogen-bond acceptors (Lipinski definition) is 5. The number of aliphatic hydroxyl groups is 1. The first-order chi connectivity index (χ1) is 9.06. The molecule has 0 aromatic carbocycles. The van der Waals surface area contributed by atoms with Gasteiger partial charge in [0.25, 0.3) is 0 Å². The van der Waals surface area contributed by atoms with Crippen LogP contribution >= 0.6 is 0 Å². The van der Waals surface area contributed by atoms with E-state index in [2.05, 4.69) is 19.9 Å². The number of aliphatic hydroxyl groups excluding tert-OH is 1. The minimum absolute atomic E-state index is 0.0358. The minimum Gasteiger partial charge on any atom is -0.390 e. The van der Waals surface area contributed by atoms with Crippen molar-refractivity contribution in [2.45, 2.75) is 31.5 Å². The summed E-state index contributed by atoms with van der Waals surface area (Å²) in [6, 6.07) is 1.45. The molecular formula is C10H15N5O3S. The molecule has 0 saturated carbocycles.